The number of halogens is 1. The van der Waals surface area contributed by atoms with Gasteiger partial charge in [0.05, 0.1) is 5.02 Å². The van der Waals surface area contributed by atoms with Gasteiger partial charge in [-0.3, -0.25) is 0 Å². The fraction of sp³-hybridized carbons (Fsp3) is 0.294. The van der Waals surface area contributed by atoms with Gasteiger partial charge in [0.25, 0.3) is 0 Å². The van der Waals surface area contributed by atoms with Crippen molar-refractivity contribution in [1.29, 1.82) is 0 Å². The Morgan fingerprint density at radius 1 is 1.14 bits per heavy atom. The van der Waals surface area contributed by atoms with E-state index < -0.39 is 6.10 Å². The molecule has 0 heterocycles. The molecule has 0 aliphatic heterocycles. The topological polar surface area (TPSA) is 41.5 Å². The molecular weight excluding hydrogens is 286 g/mol. The minimum Gasteiger partial charge on any atom is -0.489 e. The van der Waals surface area contributed by atoms with Crippen LogP contribution < -0.4 is 10.1 Å². The lowest BCUT2D eigenvalue weighted by Crippen LogP contribution is -2.26. The van der Waals surface area contributed by atoms with Crippen LogP contribution in [-0.2, 0) is 0 Å². The van der Waals surface area contributed by atoms with Crippen LogP contribution in [0.2, 0.25) is 5.02 Å². The maximum Gasteiger partial charge on any atom is 0.138 e. The largest absolute Gasteiger partial charge is 0.489 e. The van der Waals surface area contributed by atoms with Crippen LogP contribution in [0.4, 0.5) is 5.69 Å². The summed E-state index contributed by atoms with van der Waals surface area (Å²) >= 11 is 5.99. The average Bonchev–Trinajstić information content (AvgIpc) is 2.43. The quantitative estimate of drug-likeness (QED) is 0.853. The summed E-state index contributed by atoms with van der Waals surface area (Å²) in [5.41, 5.74) is 3.39. The van der Waals surface area contributed by atoms with Gasteiger partial charge in [-0.15, -0.1) is 0 Å². The van der Waals surface area contributed by atoms with Crippen LogP contribution >= 0.6 is 11.6 Å². The Bertz CT molecular complexity index is 581. The van der Waals surface area contributed by atoms with Crippen molar-refractivity contribution in [3.8, 4) is 5.75 Å². The number of para-hydroxylation sites is 1. The third-order valence-electron chi connectivity index (χ3n) is 3.03. The molecule has 2 aromatic rings. The number of rotatable bonds is 6. The van der Waals surface area contributed by atoms with Crippen molar-refractivity contribution in [2.75, 3.05) is 18.5 Å². The second-order valence-electron chi connectivity index (χ2n) is 5.15. The summed E-state index contributed by atoms with van der Waals surface area (Å²) in [7, 11) is 0. The van der Waals surface area contributed by atoms with Crippen LogP contribution in [0, 0.1) is 13.8 Å². The molecule has 1 unspecified atom stereocenters. The predicted molar refractivity (Wildman–Crippen MR) is 87.4 cm³/mol. The van der Waals surface area contributed by atoms with Crippen LogP contribution in [0.25, 0.3) is 0 Å². The van der Waals surface area contributed by atoms with Crippen LogP contribution in [-0.4, -0.2) is 24.4 Å². The summed E-state index contributed by atoms with van der Waals surface area (Å²) in [6.07, 6.45) is -0.609. The standard InChI is InChI=1S/C17H20ClNO2/c1-12-7-13(2)9-14(8-12)19-10-15(20)11-21-17-6-4-3-5-16(17)18/h3-9,15,19-20H,10-11H2,1-2H3. The molecule has 3 nitrogen and oxygen atoms in total. The molecule has 0 bridgehead atoms. The first-order chi connectivity index (χ1) is 10.0. The van der Waals surface area contributed by atoms with Gasteiger partial charge >= 0.3 is 0 Å². The van der Waals surface area contributed by atoms with Crippen LogP contribution in [0.1, 0.15) is 11.1 Å². The predicted octanol–water partition coefficient (Wildman–Crippen LogP) is 3.81. The lowest BCUT2D eigenvalue weighted by Gasteiger charge is -2.15. The first-order valence-electron chi connectivity index (χ1n) is 6.92. The fourth-order valence-electron chi connectivity index (χ4n) is 2.12. The van der Waals surface area contributed by atoms with Crippen LogP contribution in [0.3, 0.4) is 0 Å². The Morgan fingerprint density at radius 3 is 2.48 bits per heavy atom. The number of hydrogen-bond acceptors (Lipinski definition) is 3. The molecule has 0 fully saturated rings. The Kier molecular flexibility index (Phi) is 5.48. The van der Waals surface area contributed by atoms with Gasteiger partial charge in [-0.25, -0.2) is 0 Å². The summed E-state index contributed by atoms with van der Waals surface area (Å²) in [4.78, 5) is 0. The van der Waals surface area contributed by atoms with E-state index in [1.54, 1.807) is 12.1 Å². The summed E-state index contributed by atoms with van der Waals surface area (Å²) < 4.78 is 5.51. The van der Waals surface area contributed by atoms with Crippen molar-refractivity contribution in [1.82, 2.24) is 0 Å². The Labute approximate surface area is 130 Å². The van der Waals surface area contributed by atoms with Crippen LogP contribution in [0.5, 0.6) is 5.75 Å². The molecule has 112 valence electrons. The van der Waals surface area contributed by atoms with Crippen molar-refractivity contribution in [2.45, 2.75) is 20.0 Å². The molecule has 1 atom stereocenters. The van der Waals surface area contributed by atoms with Gasteiger partial charge in [0.1, 0.15) is 18.5 Å². The third kappa shape index (κ3) is 4.96. The zero-order valence-corrected chi connectivity index (χ0v) is 13.0. The lowest BCUT2D eigenvalue weighted by atomic mass is 10.1. The zero-order valence-electron chi connectivity index (χ0n) is 12.3. The highest BCUT2D eigenvalue weighted by Gasteiger charge is 2.07. The molecule has 2 rings (SSSR count). The number of anilines is 1. The van der Waals surface area contributed by atoms with Gasteiger partial charge in [0.15, 0.2) is 0 Å². The molecule has 2 N–H and O–H groups in total. The van der Waals surface area contributed by atoms with Crippen molar-refractivity contribution >= 4 is 17.3 Å². The van der Waals surface area contributed by atoms with Gasteiger partial charge in [-0.05, 0) is 49.2 Å². The minimum atomic E-state index is -0.609. The van der Waals surface area contributed by atoms with Crippen molar-refractivity contribution in [3.63, 3.8) is 0 Å². The minimum absolute atomic E-state index is 0.196. The number of aryl methyl sites for hydroxylation is 2. The van der Waals surface area contributed by atoms with E-state index in [-0.39, 0.29) is 6.61 Å². The molecule has 2 aromatic carbocycles. The molecule has 0 saturated carbocycles. The first-order valence-corrected chi connectivity index (χ1v) is 7.30. The van der Waals surface area contributed by atoms with E-state index in [0.29, 0.717) is 17.3 Å². The van der Waals surface area contributed by atoms with Crippen molar-refractivity contribution < 1.29 is 9.84 Å². The van der Waals surface area contributed by atoms with Gasteiger partial charge in [0, 0.05) is 12.2 Å². The maximum absolute atomic E-state index is 9.97. The summed E-state index contributed by atoms with van der Waals surface area (Å²) in [6.45, 7) is 4.72. The third-order valence-corrected chi connectivity index (χ3v) is 3.34. The van der Waals surface area contributed by atoms with E-state index in [1.807, 2.05) is 12.1 Å². The lowest BCUT2D eigenvalue weighted by molar-refractivity contribution is 0.117. The number of ether oxygens (including phenoxy) is 1. The molecule has 0 aliphatic carbocycles. The normalized spacial score (nSPS) is 12.0. The maximum atomic E-state index is 9.97. The molecule has 0 spiro atoms. The molecule has 4 heteroatoms. The van der Waals surface area contributed by atoms with Gasteiger partial charge < -0.3 is 15.2 Å². The SMILES string of the molecule is Cc1cc(C)cc(NCC(O)COc2ccccc2Cl)c1. The monoisotopic (exact) mass is 305 g/mol. The Balaban J connectivity index is 1.82. The smallest absolute Gasteiger partial charge is 0.138 e. The van der Waals surface area contributed by atoms with E-state index in [0.717, 1.165) is 5.69 Å². The zero-order chi connectivity index (χ0) is 15.2. The van der Waals surface area contributed by atoms with Crippen LogP contribution in [0.15, 0.2) is 42.5 Å². The molecular formula is C17H20ClNO2. The highest BCUT2D eigenvalue weighted by atomic mass is 35.5. The van der Waals surface area contributed by atoms with E-state index in [4.69, 9.17) is 16.3 Å². The number of aliphatic hydroxyl groups is 1. The van der Waals surface area contributed by atoms with Crippen molar-refractivity contribution in [3.05, 3.63) is 58.6 Å². The summed E-state index contributed by atoms with van der Waals surface area (Å²) in [6, 6.07) is 13.4. The highest BCUT2D eigenvalue weighted by Crippen LogP contribution is 2.23. The number of benzene rings is 2. The molecule has 0 aliphatic rings. The second-order valence-corrected chi connectivity index (χ2v) is 5.56. The van der Waals surface area contributed by atoms with E-state index >= 15 is 0 Å². The summed E-state index contributed by atoms with van der Waals surface area (Å²) in [5.74, 6) is 0.588. The molecule has 21 heavy (non-hydrogen) atoms. The number of hydrogen-bond donors (Lipinski definition) is 2. The number of nitrogens with one attached hydrogen (secondary N) is 1. The first kappa shape index (κ1) is 15.7. The second kappa shape index (κ2) is 7.34. The highest BCUT2D eigenvalue weighted by molar-refractivity contribution is 6.32. The van der Waals surface area contributed by atoms with Gasteiger partial charge in [0.2, 0.25) is 0 Å². The van der Waals surface area contributed by atoms with Gasteiger partial charge in [-0.1, -0.05) is 29.8 Å². The molecule has 0 aromatic heterocycles. The van der Waals surface area contributed by atoms with Gasteiger partial charge in [-0.2, -0.15) is 0 Å². The van der Waals surface area contributed by atoms with E-state index in [1.165, 1.54) is 11.1 Å². The molecule has 0 radical (unpaired) electrons. The van der Waals surface area contributed by atoms with Crippen molar-refractivity contribution in [2.24, 2.45) is 0 Å². The fourth-order valence-corrected chi connectivity index (χ4v) is 2.31. The van der Waals surface area contributed by atoms with E-state index in [9.17, 15) is 5.11 Å². The average molecular weight is 306 g/mol. The Morgan fingerprint density at radius 2 is 1.81 bits per heavy atom. The molecule has 0 saturated heterocycles. The Hall–Kier alpha value is -1.71. The molecule has 0 amide bonds. The summed E-state index contributed by atoms with van der Waals surface area (Å²) in [5, 5.41) is 13.7. The van der Waals surface area contributed by atoms with E-state index in [2.05, 4.69) is 37.4 Å². The number of aliphatic hydroxyl groups excluding tert-OH is 1.